The highest BCUT2D eigenvalue weighted by Crippen LogP contribution is 2.28. The predicted molar refractivity (Wildman–Crippen MR) is 85.2 cm³/mol. The maximum Gasteiger partial charge on any atom is 0.223 e. The SMILES string of the molecule is Nc1cccc(OCCC(=O)NCCCC2CCCC2)c1. The van der Waals surface area contributed by atoms with Crippen LogP contribution in [0.4, 0.5) is 5.69 Å². The molecule has 0 aliphatic heterocycles. The second kappa shape index (κ2) is 8.55. The molecule has 1 amide bonds. The summed E-state index contributed by atoms with van der Waals surface area (Å²) in [5.41, 5.74) is 6.33. The zero-order chi connectivity index (χ0) is 14.9. The highest BCUT2D eigenvalue weighted by Gasteiger charge is 2.14. The molecule has 0 unspecified atom stereocenters. The second-order valence-electron chi connectivity index (χ2n) is 5.81. The number of hydrogen-bond acceptors (Lipinski definition) is 3. The van der Waals surface area contributed by atoms with Gasteiger partial charge in [0.15, 0.2) is 0 Å². The minimum atomic E-state index is 0.0605. The zero-order valence-corrected chi connectivity index (χ0v) is 12.6. The van der Waals surface area contributed by atoms with Crippen LogP contribution < -0.4 is 15.8 Å². The van der Waals surface area contributed by atoms with Gasteiger partial charge in [-0.1, -0.05) is 31.7 Å². The summed E-state index contributed by atoms with van der Waals surface area (Å²) in [6.45, 7) is 1.17. The highest BCUT2D eigenvalue weighted by atomic mass is 16.5. The van der Waals surface area contributed by atoms with Crippen molar-refractivity contribution in [2.45, 2.75) is 44.9 Å². The molecule has 0 bridgehead atoms. The summed E-state index contributed by atoms with van der Waals surface area (Å²) in [5, 5.41) is 2.96. The quantitative estimate of drug-likeness (QED) is 0.571. The van der Waals surface area contributed by atoms with Gasteiger partial charge >= 0.3 is 0 Å². The van der Waals surface area contributed by atoms with Gasteiger partial charge in [0.1, 0.15) is 5.75 Å². The Morgan fingerprint density at radius 3 is 2.90 bits per heavy atom. The van der Waals surface area contributed by atoms with Crippen LogP contribution in [0.3, 0.4) is 0 Å². The summed E-state index contributed by atoms with van der Waals surface area (Å²) >= 11 is 0. The Labute approximate surface area is 127 Å². The summed E-state index contributed by atoms with van der Waals surface area (Å²) < 4.78 is 5.50. The molecule has 0 aromatic heterocycles. The summed E-state index contributed by atoms with van der Waals surface area (Å²) in [4.78, 5) is 11.7. The number of nitrogens with two attached hydrogens (primary N) is 1. The van der Waals surface area contributed by atoms with Crippen molar-refractivity contribution in [1.29, 1.82) is 0 Å². The minimum Gasteiger partial charge on any atom is -0.493 e. The fourth-order valence-electron chi connectivity index (χ4n) is 2.87. The van der Waals surface area contributed by atoms with E-state index < -0.39 is 0 Å². The van der Waals surface area contributed by atoms with Crippen LogP contribution in [0.2, 0.25) is 0 Å². The molecule has 21 heavy (non-hydrogen) atoms. The molecule has 0 saturated heterocycles. The number of hydrogen-bond donors (Lipinski definition) is 2. The molecule has 2 rings (SSSR count). The van der Waals surface area contributed by atoms with Crippen LogP contribution in [-0.2, 0) is 4.79 Å². The summed E-state index contributed by atoms with van der Waals surface area (Å²) in [6.07, 6.45) is 8.26. The average Bonchev–Trinajstić information content (AvgIpc) is 2.97. The molecule has 1 fully saturated rings. The van der Waals surface area contributed by atoms with E-state index in [2.05, 4.69) is 5.32 Å². The third-order valence-electron chi connectivity index (χ3n) is 4.04. The van der Waals surface area contributed by atoms with Crippen molar-refractivity contribution in [3.63, 3.8) is 0 Å². The lowest BCUT2D eigenvalue weighted by Crippen LogP contribution is -2.26. The van der Waals surface area contributed by atoms with Crippen LogP contribution in [0, 0.1) is 5.92 Å². The van der Waals surface area contributed by atoms with Crippen LogP contribution >= 0.6 is 0 Å². The van der Waals surface area contributed by atoms with Gasteiger partial charge in [0, 0.05) is 18.3 Å². The third-order valence-corrected chi connectivity index (χ3v) is 4.04. The van der Waals surface area contributed by atoms with Gasteiger partial charge in [-0.3, -0.25) is 4.79 Å². The van der Waals surface area contributed by atoms with Crippen LogP contribution in [0.15, 0.2) is 24.3 Å². The number of nitrogens with one attached hydrogen (secondary N) is 1. The van der Waals surface area contributed by atoms with Crippen molar-refractivity contribution in [3.8, 4) is 5.75 Å². The Balaban J connectivity index is 1.51. The van der Waals surface area contributed by atoms with Gasteiger partial charge in [-0.05, 0) is 30.9 Å². The van der Waals surface area contributed by atoms with Crippen LogP contribution in [-0.4, -0.2) is 19.1 Å². The molecule has 3 N–H and O–H groups in total. The Bertz CT molecular complexity index is 442. The standard InChI is InChI=1S/C17H26N2O2/c18-15-8-3-9-16(13-15)21-12-10-17(20)19-11-4-7-14-5-1-2-6-14/h3,8-9,13-14H,1-2,4-7,10-12,18H2,(H,19,20). The molecule has 1 aliphatic carbocycles. The van der Waals surface area contributed by atoms with E-state index >= 15 is 0 Å². The van der Waals surface area contributed by atoms with E-state index in [1.54, 1.807) is 6.07 Å². The van der Waals surface area contributed by atoms with Crippen molar-refractivity contribution in [2.24, 2.45) is 5.92 Å². The van der Waals surface area contributed by atoms with Crippen molar-refractivity contribution in [1.82, 2.24) is 5.32 Å². The Morgan fingerprint density at radius 1 is 1.33 bits per heavy atom. The van der Waals surface area contributed by atoms with Crippen LogP contribution in [0.25, 0.3) is 0 Å². The molecule has 1 saturated carbocycles. The van der Waals surface area contributed by atoms with Gasteiger partial charge in [-0.2, -0.15) is 0 Å². The normalized spacial score (nSPS) is 15.0. The largest absolute Gasteiger partial charge is 0.493 e. The van der Waals surface area contributed by atoms with E-state index in [4.69, 9.17) is 10.5 Å². The number of amides is 1. The monoisotopic (exact) mass is 290 g/mol. The first kappa shape index (κ1) is 15.7. The molecule has 0 radical (unpaired) electrons. The van der Waals surface area contributed by atoms with Gasteiger partial charge in [0.05, 0.1) is 13.0 Å². The van der Waals surface area contributed by atoms with Gasteiger partial charge in [-0.25, -0.2) is 0 Å². The van der Waals surface area contributed by atoms with E-state index in [0.717, 1.165) is 18.9 Å². The molecular weight excluding hydrogens is 264 g/mol. The second-order valence-corrected chi connectivity index (χ2v) is 5.81. The summed E-state index contributed by atoms with van der Waals surface area (Å²) in [5.74, 6) is 1.67. The van der Waals surface area contributed by atoms with E-state index in [0.29, 0.717) is 24.5 Å². The molecule has 116 valence electrons. The molecule has 0 spiro atoms. The van der Waals surface area contributed by atoms with Crippen LogP contribution in [0.5, 0.6) is 5.75 Å². The number of ether oxygens (including phenoxy) is 1. The van der Waals surface area contributed by atoms with Gasteiger partial charge in [0.2, 0.25) is 5.91 Å². The first-order valence-electron chi connectivity index (χ1n) is 7.99. The van der Waals surface area contributed by atoms with Gasteiger partial charge in [-0.15, -0.1) is 0 Å². The van der Waals surface area contributed by atoms with E-state index in [1.165, 1.54) is 32.1 Å². The summed E-state index contributed by atoms with van der Waals surface area (Å²) in [7, 11) is 0. The Hall–Kier alpha value is -1.71. The highest BCUT2D eigenvalue weighted by molar-refractivity contribution is 5.75. The van der Waals surface area contributed by atoms with Crippen molar-refractivity contribution < 1.29 is 9.53 Å². The Morgan fingerprint density at radius 2 is 2.14 bits per heavy atom. The van der Waals surface area contributed by atoms with E-state index in [-0.39, 0.29) is 5.91 Å². The molecule has 1 aliphatic rings. The fourth-order valence-corrected chi connectivity index (χ4v) is 2.87. The number of rotatable bonds is 8. The summed E-state index contributed by atoms with van der Waals surface area (Å²) in [6, 6.07) is 7.26. The van der Waals surface area contributed by atoms with E-state index in [9.17, 15) is 4.79 Å². The number of nitrogen functional groups attached to an aromatic ring is 1. The topological polar surface area (TPSA) is 64.3 Å². The molecule has 1 aromatic carbocycles. The smallest absolute Gasteiger partial charge is 0.223 e. The molecule has 4 nitrogen and oxygen atoms in total. The van der Waals surface area contributed by atoms with Crippen molar-refractivity contribution in [3.05, 3.63) is 24.3 Å². The molecule has 0 heterocycles. The third kappa shape index (κ3) is 6.06. The number of benzene rings is 1. The van der Waals surface area contributed by atoms with Gasteiger partial charge < -0.3 is 15.8 Å². The fraction of sp³-hybridized carbons (Fsp3) is 0.588. The maximum atomic E-state index is 11.7. The first-order chi connectivity index (χ1) is 10.2. The molecule has 1 aromatic rings. The minimum absolute atomic E-state index is 0.0605. The van der Waals surface area contributed by atoms with Crippen molar-refractivity contribution >= 4 is 11.6 Å². The van der Waals surface area contributed by atoms with Crippen molar-refractivity contribution in [2.75, 3.05) is 18.9 Å². The average molecular weight is 290 g/mol. The predicted octanol–water partition coefficient (Wildman–Crippen LogP) is 3.12. The number of carbonyl (C=O) groups excluding carboxylic acids is 1. The lowest BCUT2D eigenvalue weighted by atomic mass is 10.0. The molecule has 4 heteroatoms. The number of anilines is 1. The van der Waals surface area contributed by atoms with Gasteiger partial charge in [0.25, 0.3) is 0 Å². The molecular formula is C17H26N2O2. The van der Waals surface area contributed by atoms with Crippen LogP contribution in [0.1, 0.15) is 44.9 Å². The lowest BCUT2D eigenvalue weighted by Gasteiger charge is -2.10. The lowest BCUT2D eigenvalue weighted by molar-refractivity contribution is -0.121. The molecule has 0 atom stereocenters. The van der Waals surface area contributed by atoms with E-state index in [1.807, 2.05) is 18.2 Å². The first-order valence-corrected chi connectivity index (χ1v) is 7.99. The number of carbonyl (C=O) groups is 1. The Kier molecular flexibility index (Phi) is 6.38. The zero-order valence-electron chi connectivity index (χ0n) is 12.6. The maximum absolute atomic E-state index is 11.7.